The number of aliphatic hydroxyl groups excluding tert-OH is 1. The number of hydrogen-bond acceptors (Lipinski definition) is 2. The molecule has 0 unspecified atom stereocenters. The van der Waals surface area contributed by atoms with Crippen molar-refractivity contribution in [3.8, 4) is 11.8 Å². The molecule has 0 amide bonds. The van der Waals surface area contributed by atoms with Crippen molar-refractivity contribution in [2.45, 2.75) is 33.6 Å². The first kappa shape index (κ1) is 13.5. The second kappa shape index (κ2) is 6.86. The van der Waals surface area contributed by atoms with Crippen molar-refractivity contribution in [1.82, 2.24) is 4.90 Å². The lowest BCUT2D eigenvalue weighted by Gasteiger charge is -2.11. The Bertz CT molecular complexity index is 189. The standard InChI is InChI=1S/C11H19N.CH4O/c1-11(2,3)7-6-10-12-8-4-5-9-12;1-2/h4-5,8-10H2,1-3H3;2H,1H3. The second-order valence-electron chi connectivity index (χ2n) is 4.54. The minimum Gasteiger partial charge on any atom is -0.400 e. The molecule has 0 aromatic carbocycles. The van der Waals surface area contributed by atoms with Gasteiger partial charge in [-0.25, -0.2) is 0 Å². The van der Waals surface area contributed by atoms with Crippen LogP contribution in [0.3, 0.4) is 0 Å². The Morgan fingerprint density at radius 3 is 2.07 bits per heavy atom. The smallest absolute Gasteiger partial charge is 0.0601 e. The van der Waals surface area contributed by atoms with E-state index in [9.17, 15) is 0 Å². The molecule has 0 atom stereocenters. The molecular formula is C12H23NO. The van der Waals surface area contributed by atoms with Crippen molar-refractivity contribution >= 4 is 0 Å². The molecule has 1 aliphatic heterocycles. The van der Waals surface area contributed by atoms with Gasteiger partial charge in [0.2, 0.25) is 0 Å². The number of aliphatic hydroxyl groups is 1. The lowest BCUT2D eigenvalue weighted by Crippen LogP contribution is -2.19. The number of rotatable bonds is 1. The van der Waals surface area contributed by atoms with Crippen molar-refractivity contribution in [2.75, 3.05) is 26.7 Å². The summed E-state index contributed by atoms with van der Waals surface area (Å²) < 4.78 is 0. The molecular weight excluding hydrogens is 174 g/mol. The molecule has 0 spiro atoms. The van der Waals surface area contributed by atoms with Gasteiger partial charge in [0, 0.05) is 12.5 Å². The van der Waals surface area contributed by atoms with Gasteiger partial charge in [0.25, 0.3) is 0 Å². The van der Waals surface area contributed by atoms with E-state index in [1.807, 2.05) is 0 Å². The number of hydrogen-bond donors (Lipinski definition) is 1. The first-order chi connectivity index (χ1) is 6.58. The quantitative estimate of drug-likeness (QED) is 0.647. The fourth-order valence-corrected chi connectivity index (χ4v) is 1.36. The molecule has 2 nitrogen and oxygen atoms in total. The SMILES string of the molecule is CC(C)(C)C#CCN1CCCC1.CO. The van der Waals surface area contributed by atoms with Gasteiger partial charge in [0.05, 0.1) is 6.54 Å². The van der Waals surface area contributed by atoms with Crippen LogP contribution in [-0.2, 0) is 0 Å². The summed E-state index contributed by atoms with van der Waals surface area (Å²) >= 11 is 0. The Hall–Kier alpha value is -0.520. The number of likely N-dealkylation sites (tertiary alicyclic amines) is 1. The summed E-state index contributed by atoms with van der Waals surface area (Å²) in [6, 6.07) is 0. The lowest BCUT2D eigenvalue weighted by atomic mass is 9.98. The van der Waals surface area contributed by atoms with Crippen LogP contribution in [0.1, 0.15) is 33.6 Å². The van der Waals surface area contributed by atoms with E-state index in [-0.39, 0.29) is 5.41 Å². The third-order valence-electron chi connectivity index (χ3n) is 1.96. The molecule has 0 radical (unpaired) electrons. The molecule has 1 heterocycles. The first-order valence-corrected chi connectivity index (χ1v) is 5.25. The largest absolute Gasteiger partial charge is 0.400 e. The van der Waals surface area contributed by atoms with Gasteiger partial charge in [0.1, 0.15) is 0 Å². The average molecular weight is 197 g/mol. The van der Waals surface area contributed by atoms with Crippen LogP contribution in [0, 0.1) is 17.3 Å². The highest BCUT2D eigenvalue weighted by atomic mass is 16.2. The number of nitrogens with zero attached hydrogens (tertiary/aromatic N) is 1. The zero-order chi connectivity index (χ0) is 11.0. The van der Waals surface area contributed by atoms with Gasteiger partial charge >= 0.3 is 0 Å². The molecule has 14 heavy (non-hydrogen) atoms. The molecule has 1 N–H and O–H groups in total. The van der Waals surface area contributed by atoms with Crippen LogP contribution in [0.25, 0.3) is 0 Å². The van der Waals surface area contributed by atoms with Gasteiger partial charge in [0.15, 0.2) is 0 Å². The van der Waals surface area contributed by atoms with Crippen molar-refractivity contribution < 1.29 is 5.11 Å². The fourth-order valence-electron chi connectivity index (χ4n) is 1.36. The maximum absolute atomic E-state index is 7.00. The fraction of sp³-hybridized carbons (Fsp3) is 0.833. The Kier molecular flexibility index (Phi) is 6.61. The summed E-state index contributed by atoms with van der Waals surface area (Å²) in [4.78, 5) is 2.43. The zero-order valence-electron chi connectivity index (χ0n) is 9.93. The molecule has 1 aliphatic rings. The Morgan fingerprint density at radius 1 is 1.14 bits per heavy atom. The Balaban J connectivity index is 0.000000791. The Morgan fingerprint density at radius 2 is 1.64 bits per heavy atom. The van der Waals surface area contributed by atoms with E-state index < -0.39 is 0 Å². The van der Waals surface area contributed by atoms with Crippen molar-refractivity contribution in [3.63, 3.8) is 0 Å². The molecule has 82 valence electrons. The molecule has 0 bridgehead atoms. The van der Waals surface area contributed by atoms with Crippen LogP contribution >= 0.6 is 0 Å². The van der Waals surface area contributed by atoms with E-state index in [1.165, 1.54) is 25.9 Å². The van der Waals surface area contributed by atoms with Gasteiger partial charge in [-0.3, -0.25) is 4.90 Å². The van der Waals surface area contributed by atoms with Gasteiger partial charge in [-0.2, -0.15) is 0 Å². The maximum atomic E-state index is 7.00. The van der Waals surface area contributed by atoms with E-state index in [1.54, 1.807) is 0 Å². The van der Waals surface area contributed by atoms with E-state index in [0.717, 1.165) is 13.7 Å². The van der Waals surface area contributed by atoms with Crippen LogP contribution in [0.4, 0.5) is 0 Å². The molecule has 1 saturated heterocycles. The minimum absolute atomic E-state index is 0.166. The maximum Gasteiger partial charge on any atom is 0.0601 e. The van der Waals surface area contributed by atoms with Crippen LogP contribution in [-0.4, -0.2) is 36.8 Å². The monoisotopic (exact) mass is 197 g/mol. The summed E-state index contributed by atoms with van der Waals surface area (Å²) in [6.07, 6.45) is 2.72. The summed E-state index contributed by atoms with van der Waals surface area (Å²) in [7, 11) is 1.00. The first-order valence-electron chi connectivity index (χ1n) is 5.25. The van der Waals surface area contributed by atoms with Crippen molar-refractivity contribution in [2.24, 2.45) is 5.41 Å². The molecule has 0 aromatic heterocycles. The van der Waals surface area contributed by atoms with Crippen LogP contribution in [0.5, 0.6) is 0 Å². The third kappa shape index (κ3) is 6.94. The van der Waals surface area contributed by atoms with Gasteiger partial charge in [-0.15, -0.1) is 0 Å². The third-order valence-corrected chi connectivity index (χ3v) is 1.96. The predicted molar refractivity (Wildman–Crippen MR) is 61.0 cm³/mol. The van der Waals surface area contributed by atoms with Gasteiger partial charge in [-0.05, 0) is 46.7 Å². The predicted octanol–water partition coefficient (Wildman–Crippen LogP) is 1.74. The van der Waals surface area contributed by atoms with Gasteiger partial charge in [-0.1, -0.05) is 11.8 Å². The van der Waals surface area contributed by atoms with E-state index in [0.29, 0.717) is 0 Å². The second-order valence-corrected chi connectivity index (χ2v) is 4.54. The van der Waals surface area contributed by atoms with Crippen LogP contribution in [0.2, 0.25) is 0 Å². The summed E-state index contributed by atoms with van der Waals surface area (Å²) in [5.74, 6) is 6.50. The van der Waals surface area contributed by atoms with E-state index >= 15 is 0 Å². The molecule has 1 fully saturated rings. The summed E-state index contributed by atoms with van der Waals surface area (Å²) in [5.41, 5.74) is 0.166. The van der Waals surface area contributed by atoms with E-state index in [4.69, 9.17) is 5.11 Å². The van der Waals surface area contributed by atoms with Crippen LogP contribution < -0.4 is 0 Å². The van der Waals surface area contributed by atoms with E-state index in [2.05, 4.69) is 37.5 Å². The molecule has 2 heteroatoms. The topological polar surface area (TPSA) is 23.5 Å². The highest BCUT2D eigenvalue weighted by Crippen LogP contribution is 2.10. The normalized spacial score (nSPS) is 16.6. The highest BCUT2D eigenvalue weighted by Gasteiger charge is 2.09. The molecule has 0 aromatic rings. The molecule has 0 saturated carbocycles. The van der Waals surface area contributed by atoms with Crippen molar-refractivity contribution in [1.29, 1.82) is 0 Å². The molecule has 1 rings (SSSR count). The average Bonchev–Trinajstić information content (AvgIpc) is 2.58. The molecule has 0 aliphatic carbocycles. The summed E-state index contributed by atoms with van der Waals surface area (Å²) in [6.45, 7) is 9.94. The van der Waals surface area contributed by atoms with Crippen molar-refractivity contribution in [3.05, 3.63) is 0 Å². The minimum atomic E-state index is 0.166. The lowest BCUT2D eigenvalue weighted by molar-refractivity contribution is 0.382. The highest BCUT2D eigenvalue weighted by molar-refractivity contribution is 5.08. The summed E-state index contributed by atoms with van der Waals surface area (Å²) in [5, 5.41) is 7.00. The zero-order valence-corrected chi connectivity index (χ0v) is 9.93. The van der Waals surface area contributed by atoms with Crippen LogP contribution in [0.15, 0.2) is 0 Å². The Labute approximate surface area is 88.3 Å². The van der Waals surface area contributed by atoms with Gasteiger partial charge < -0.3 is 5.11 Å².